The van der Waals surface area contributed by atoms with Crippen molar-refractivity contribution in [2.45, 2.75) is 36.7 Å². The van der Waals surface area contributed by atoms with E-state index in [0.717, 1.165) is 5.56 Å². The number of aryl methyl sites for hydroxylation is 1. The van der Waals surface area contributed by atoms with Crippen molar-refractivity contribution in [2.75, 3.05) is 17.5 Å². The van der Waals surface area contributed by atoms with Crippen molar-refractivity contribution < 1.29 is 18.3 Å². The summed E-state index contributed by atoms with van der Waals surface area (Å²) in [7, 11) is -3.77. The number of fused-ring (bicyclic) bond motifs is 3. The van der Waals surface area contributed by atoms with Gasteiger partial charge in [-0.05, 0) is 30.2 Å². The van der Waals surface area contributed by atoms with Gasteiger partial charge in [0.15, 0.2) is 0 Å². The van der Waals surface area contributed by atoms with E-state index in [1.807, 2.05) is 24.3 Å². The highest BCUT2D eigenvalue weighted by molar-refractivity contribution is 7.92. The Bertz CT molecular complexity index is 1000. The normalized spacial score (nSPS) is 24.0. The van der Waals surface area contributed by atoms with Crippen LogP contribution in [0.4, 0.5) is 5.69 Å². The topological polar surface area (TPSA) is 77.9 Å². The number of nitrogens with zero attached hydrogens (tertiary/aromatic N) is 2. The van der Waals surface area contributed by atoms with Crippen molar-refractivity contribution in [3.8, 4) is 0 Å². The first-order valence-corrected chi connectivity index (χ1v) is 10.4. The van der Waals surface area contributed by atoms with Crippen LogP contribution in [0.15, 0.2) is 53.4 Å². The van der Waals surface area contributed by atoms with Gasteiger partial charge in [0.05, 0.1) is 35.8 Å². The molecule has 0 aromatic heterocycles. The van der Waals surface area contributed by atoms with Crippen LogP contribution in [0.25, 0.3) is 0 Å². The number of carbonyl (C=O) groups excluding carboxylic acids is 1. The number of carbonyl (C=O) groups is 1. The smallest absolute Gasteiger partial charge is 0.264 e. The van der Waals surface area contributed by atoms with E-state index in [1.54, 1.807) is 36.1 Å². The Morgan fingerprint density at radius 2 is 1.81 bits per heavy atom. The number of likely N-dealkylation sites (tertiary alicyclic amines) is 1. The van der Waals surface area contributed by atoms with Crippen LogP contribution in [0.5, 0.6) is 0 Å². The number of anilines is 1. The predicted octanol–water partition coefficient (Wildman–Crippen LogP) is 1.88. The first kappa shape index (κ1) is 18.0. The van der Waals surface area contributed by atoms with Gasteiger partial charge in [-0.25, -0.2) is 8.42 Å². The summed E-state index contributed by atoms with van der Waals surface area (Å²) in [4.78, 5) is 14.0. The molecule has 0 unspecified atom stereocenters. The van der Waals surface area contributed by atoms with Gasteiger partial charge >= 0.3 is 0 Å². The predicted molar refractivity (Wildman–Crippen MR) is 102 cm³/mol. The first-order chi connectivity index (χ1) is 12.9. The number of rotatable bonds is 3. The Morgan fingerprint density at radius 1 is 1.15 bits per heavy atom. The standard InChI is InChI=1S/C20H22N2O4S/c1-13-7-3-6-10-19(13)27(25,26)21-11-17-20(15-8-4-5-9-16(15)21)18(12-23)22(17)14(2)24/h3-10,17-18,20,23H,11-12H2,1-2H3/t17-,18+,20+/m0/s1. The maximum absolute atomic E-state index is 13.4. The fraction of sp³-hybridized carbons (Fsp3) is 0.350. The van der Waals surface area contributed by atoms with Crippen LogP contribution in [-0.4, -0.2) is 49.6 Å². The van der Waals surface area contributed by atoms with E-state index < -0.39 is 10.0 Å². The molecule has 2 aliphatic heterocycles. The quantitative estimate of drug-likeness (QED) is 0.874. The zero-order valence-corrected chi connectivity index (χ0v) is 16.1. The maximum atomic E-state index is 13.4. The summed E-state index contributed by atoms with van der Waals surface area (Å²) in [5.74, 6) is -0.207. The summed E-state index contributed by atoms with van der Waals surface area (Å²) >= 11 is 0. The molecule has 0 spiro atoms. The molecule has 0 saturated carbocycles. The van der Waals surface area contributed by atoms with Crippen LogP contribution in [0.1, 0.15) is 24.0 Å². The number of aliphatic hydroxyl groups is 1. The molecule has 2 aromatic carbocycles. The van der Waals surface area contributed by atoms with Crippen molar-refractivity contribution in [3.63, 3.8) is 0 Å². The van der Waals surface area contributed by atoms with Crippen molar-refractivity contribution in [3.05, 3.63) is 59.7 Å². The second-order valence-corrected chi connectivity index (χ2v) is 8.96. The van der Waals surface area contributed by atoms with Gasteiger partial charge in [-0.1, -0.05) is 36.4 Å². The minimum absolute atomic E-state index is 0.0570. The molecule has 2 heterocycles. The molecular weight excluding hydrogens is 364 g/mol. The molecular formula is C20H22N2O4S. The summed E-state index contributed by atoms with van der Waals surface area (Å²) in [5.41, 5.74) is 2.17. The van der Waals surface area contributed by atoms with Crippen molar-refractivity contribution >= 4 is 21.6 Å². The van der Waals surface area contributed by atoms with Gasteiger partial charge in [0.2, 0.25) is 5.91 Å². The Labute approximate surface area is 159 Å². The van der Waals surface area contributed by atoms with E-state index in [2.05, 4.69) is 0 Å². The van der Waals surface area contributed by atoms with Gasteiger partial charge < -0.3 is 10.0 Å². The second kappa shape index (κ2) is 6.35. The van der Waals surface area contributed by atoms with E-state index in [1.165, 1.54) is 11.2 Å². The lowest BCUT2D eigenvalue weighted by atomic mass is 9.72. The lowest BCUT2D eigenvalue weighted by Crippen LogP contribution is -2.70. The Balaban J connectivity index is 1.84. The lowest BCUT2D eigenvalue weighted by molar-refractivity contribution is -0.147. The number of amides is 1. The van der Waals surface area contributed by atoms with Gasteiger partial charge in [-0.2, -0.15) is 0 Å². The second-order valence-electron chi connectivity index (χ2n) is 7.13. The molecule has 6 nitrogen and oxygen atoms in total. The van der Waals surface area contributed by atoms with Crippen molar-refractivity contribution in [1.29, 1.82) is 0 Å². The number of hydrogen-bond acceptors (Lipinski definition) is 4. The molecule has 27 heavy (non-hydrogen) atoms. The summed E-state index contributed by atoms with van der Waals surface area (Å²) in [6.07, 6.45) is 0. The maximum Gasteiger partial charge on any atom is 0.264 e. The van der Waals surface area contributed by atoms with Gasteiger partial charge in [0, 0.05) is 12.8 Å². The highest BCUT2D eigenvalue weighted by Crippen LogP contribution is 2.49. The van der Waals surface area contributed by atoms with Crippen molar-refractivity contribution in [2.24, 2.45) is 0 Å². The van der Waals surface area contributed by atoms with Crippen LogP contribution in [0, 0.1) is 6.92 Å². The fourth-order valence-corrected chi connectivity index (χ4v) is 6.23. The first-order valence-electron chi connectivity index (χ1n) is 8.95. The Kier molecular flexibility index (Phi) is 4.24. The van der Waals surface area contributed by atoms with Gasteiger partial charge in [-0.15, -0.1) is 0 Å². The highest BCUT2D eigenvalue weighted by Gasteiger charge is 2.55. The van der Waals surface area contributed by atoms with Crippen molar-refractivity contribution in [1.82, 2.24) is 4.90 Å². The van der Waals surface area contributed by atoms with Gasteiger partial charge in [0.1, 0.15) is 0 Å². The molecule has 1 saturated heterocycles. The van der Waals surface area contributed by atoms with Crippen LogP contribution >= 0.6 is 0 Å². The average molecular weight is 386 g/mol. The molecule has 2 aliphatic rings. The Morgan fingerprint density at radius 3 is 2.48 bits per heavy atom. The van der Waals surface area contributed by atoms with Crippen LogP contribution in [0.3, 0.4) is 0 Å². The largest absolute Gasteiger partial charge is 0.394 e. The zero-order chi connectivity index (χ0) is 19.3. The molecule has 7 heteroatoms. The molecule has 1 N–H and O–H groups in total. The SMILES string of the molecule is CC(=O)N1[C@H](CO)[C@@H]2c3ccccc3N(S(=O)(=O)c3ccccc3C)C[C@@H]21. The van der Waals surface area contributed by atoms with E-state index in [4.69, 9.17) is 0 Å². The summed E-state index contributed by atoms with van der Waals surface area (Å²) in [6, 6.07) is 13.7. The van der Waals surface area contributed by atoms with E-state index in [0.29, 0.717) is 11.3 Å². The number of benzene rings is 2. The van der Waals surface area contributed by atoms with Crippen LogP contribution in [0.2, 0.25) is 0 Å². The molecule has 0 aliphatic carbocycles. The van der Waals surface area contributed by atoms with Crippen LogP contribution < -0.4 is 4.31 Å². The number of para-hydroxylation sites is 1. The van der Waals surface area contributed by atoms with Crippen LogP contribution in [-0.2, 0) is 14.8 Å². The third kappa shape index (κ3) is 2.56. The molecule has 3 atom stereocenters. The fourth-order valence-electron chi connectivity index (χ4n) is 4.49. The Hall–Kier alpha value is -2.38. The number of sulfonamides is 1. The third-order valence-corrected chi connectivity index (χ3v) is 7.61. The summed E-state index contributed by atoms with van der Waals surface area (Å²) < 4.78 is 28.3. The van der Waals surface area contributed by atoms with Gasteiger partial charge in [0.25, 0.3) is 10.0 Å². The van der Waals surface area contributed by atoms with Gasteiger partial charge in [-0.3, -0.25) is 9.10 Å². The molecule has 2 aromatic rings. The molecule has 0 radical (unpaired) electrons. The number of hydrogen-bond donors (Lipinski definition) is 1. The minimum atomic E-state index is -3.77. The van der Waals surface area contributed by atoms with E-state index in [9.17, 15) is 18.3 Å². The lowest BCUT2D eigenvalue weighted by Gasteiger charge is -2.58. The summed E-state index contributed by atoms with van der Waals surface area (Å²) in [5, 5.41) is 9.78. The minimum Gasteiger partial charge on any atom is -0.394 e. The van der Waals surface area contributed by atoms with E-state index in [-0.39, 0.29) is 42.0 Å². The summed E-state index contributed by atoms with van der Waals surface area (Å²) in [6.45, 7) is 3.28. The molecule has 1 amide bonds. The molecule has 0 bridgehead atoms. The highest BCUT2D eigenvalue weighted by atomic mass is 32.2. The average Bonchev–Trinajstić information content (AvgIpc) is 2.61. The molecule has 142 valence electrons. The number of aliphatic hydroxyl groups excluding tert-OH is 1. The molecule has 4 rings (SSSR count). The zero-order valence-electron chi connectivity index (χ0n) is 15.2. The third-order valence-electron chi connectivity index (χ3n) is 5.67. The molecule has 1 fully saturated rings. The monoisotopic (exact) mass is 386 g/mol. The van der Waals surface area contributed by atoms with E-state index >= 15 is 0 Å².